The molecule has 0 spiro atoms. The second-order valence-corrected chi connectivity index (χ2v) is 7.88. The van der Waals surface area contributed by atoms with Gasteiger partial charge in [0.15, 0.2) is 0 Å². The third kappa shape index (κ3) is 3.36. The molecule has 20 heavy (non-hydrogen) atoms. The Bertz CT molecular complexity index is 763. The highest BCUT2D eigenvalue weighted by Crippen LogP contribution is 2.32. The Morgan fingerprint density at radius 3 is 2.40 bits per heavy atom. The molecule has 0 saturated heterocycles. The first kappa shape index (κ1) is 15.8. The van der Waals surface area contributed by atoms with E-state index in [9.17, 15) is 8.42 Å². The molecule has 0 atom stereocenters. The van der Waals surface area contributed by atoms with Crippen molar-refractivity contribution >= 4 is 59.2 Å². The van der Waals surface area contributed by atoms with Crippen molar-refractivity contribution in [2.75, 3.05) is 4.72 Å². The molecule has 0 heterocycles. The van der Waals surface area contributed by atoms with Crippen molar-refractivity contribution < 1.29 is 8.42 Å². The number of rotatable bonds is 3. The van der Waals surface area contributed by atoms with Gasteiger partial charge in [0.25, 0.3) is 10.0 Å². The van der Waals surface area contributed by atoms with E-state index >= 15 is 0 Å². The van der Waals surface area contributed by atoms with Gasteiger partial charge in [-0.3, -0.25) is 4.72 Å². The van der Waals surface area contributed by atoms with E-state index in [1.165, 1.54) is 6.07 Å². The normalized spacial score (nSPS) is 11.4. The van der Waals surface area contributed by atoms with Gasteiger partial charge in [0.1, 0.15) is 4.90 Å². The minimum atomic E-state index is -3.68. The number of anilines is 1. The van der Waals surface area contributed by atoms with E-state index in [0.717, 1.165) is 5.56 Å². The van der Waals surface area contributed by atoms with Crippen LogP contribution >= 0.6 is 43.5 Å². The summed E-state index contributed by atoms with van der Waals surface area (Å²) in [5.74, 6) is 0. The average molecular weight is 440 g/mol. The zero-order valence-electron chi connectivity index (χ0n) is 10.3. The quantitative estimate of drug-likeness (QED) is 0.734. The van der Waals surface area contributed by atoms with E-state index in [0.29, 0.717) is 19.7 Å². The Balaban J connectivity index is 2.44. The van der Waals surface area contributed by atoms with Crippen molar-refractivity contribution in [1.82, 2.24) is 0 Å². The van der Waals surface area contributed by atoms with E-state index < -0.39 is 10.0 Å². The summed E-state index contributed by atoms with van der Waals surface area (Å²) >= 11 is 12.6. The van der Waals surface area contributed by atoms with Gasteiger partial charge in [0.05, 0.1) is 5.69 Å². The standard InChI is InChI=1S/C13H10Br2ClNO2S/c1-8-6-10(15)12(7-11(8)16)17-20(18,19)13-5-3-2-4-9(13)14/h2-7,17H,1H3. The van der Waals surface area contributed by atoms with Crippen LogP contribution in [0, 0.1) is 6.92 Å². The van der Waals surface area contributed by atoms with Crippen LogP contribution in [0.3, 0.4) is 0 Å². The fourth-order valence-electron chi connectivity index (χ4n) is 1.59. The van der Waals surface area contributed by atoms with Crippen LogP contribution in [0.25, 0.3) is 0 Å². The topological polar surface area (TPSA) is 46.2 Å². The Morgan fingerprint density at radius 2 is 1.75 bits per heavy atom. The van der Waals surface area contributed by atoms with E-state index in [1.807, 2.05) is 6.92 Å². The first-order chi connectivity index (χ1) is 9.31. The molecule has 106 valence electrons. The number of halogens is 3. The van der Waals surface area contributed by atoms with Crippen LogP contribution in [0.2, 0.25) is 5.02 Å². The lowest BCUT2D eigenvalue weighted by Gasteiger charge is -2.12. The number of hydrogen-bond acceptors (Lipinski definition) is 2. The fraction of sp³-hybridized carbons (Fsp3) is 0.0769. The molecular weight excluding hydrogens is 429 g/mol. The highest BCUT2D eigenvalue weighted by Gasteiger charge is 2.18. The molecule has 0 amide bonds. The van der Waals surface area contributed by atoms with Crippen LogP contribution in [0.1, 0.15) is 5.56 Å². The minimum absolute atomic E-state index is 0.170. The molecule has 0 aliphatic carbocycles. The fourth-order valence-corrected chi connectivity index (χ4v) is 4.51. The monoisotopic (exact) mass is 437 g/mol. The van der Waals surface area contributed by atoms with Crippen LogP contribution in [-0.2, 0) is 10.0 Å². The molecule has 0 radical (unpaired) electrons. The summed E-state index contributed by atoms with van der Waals surface area (Å²) in [6, 6.07) is 9.95. The largest absolute Gasteiger partial charge is 0.278 e. The lowest BCUT2D eigenvalue weighted by Crippen LogP contribution is -2.14. The minimum Gasteiger partial charge on any atom is -0.278 e. The summed E-state index contributed by atoms with van der Waals surface area (Å²) in [5, 5.41) is 0.498. The van der Waals surface area contributed by atoms with Crippen LogP contribution in [0.15, 0.2) is 50.2 Å². The highest BCUT2D eigenvalue weighted by atomic mass is 79.9. The van der Waals surface area contributed by atoms with E-state index in [-0.39, 0.29) is 4.90 Å². The van der Waals surface area contributed by atoms with Gasteiger partial charge in [-0.15, -0.1) is 0 Å². The summed E-state index contributed by atoms with van der Waals surface area (Å²) in [5.41, 5.74) is 1.26. The molecule has 1 N–H and O–H groups in total. The molecule has 0 aliphatic rings. The number of sulfonamides is 1. The van der Waals surface area contributed by atoms with Crippen molar-refractivity contribution in [2.45, 2.75) is 11.8 Å². The second kappa shape index (κ2) is 6.05. The van der Waals surface area contributed by atoms with Crippen LogP contribution in [0.5, 0.6) is 0 Å². The Kier molecular flexibility index (Phi) is 4.79. The maximum Gasteiger partial charge on any atom is 0.263 e. The molecule has 7 heteroatoms. The molecule has 0 unspecified atom stereocenters. The average Bonchev–Trinajstić information content (AvgIpc) is 2.36. The van der Waals surface area contributed by atoms with Crippen LogP contribution in [-0.4, -0.2) is 8.42 Å². The Hall–Kier alpha value is -0.560. The van der Waals surface area contributed by atoms with Gasteiger partial charge in [-0.25, -0.2) is 8.42 Å². The summed E-state index contributed by atoms with van der Waals surface area (Å²) in [6.07, 6.45) is 0. The molecule has 2 aromatic rings. The number of aryl methyl sites for hydroxylation is 1. The highest BCUT2D eigenvalue weighted by molar-refractivity contribution is 9.11. The SMILES string of the molecule is Cc1cc(Br)c(NS(=O)(=O)c2ccccc2Br)cc1Cl. The first-order valence-corrected chi connectivity index (χ1v) is 8.99. The summed E-state index contributed by atoms with van der Waals surface area (Å²) < 4.78 is 28.4. The van der Waals surface area contributed by atoms with E-state index in [4.69, 9.17) is 11.6 Å². The summed E-state index contributed by atoms with van der Waals surface area (Å²) in [4.78, 5) is 0.170. The molecular formula is C13H10Br2ClNO2S. The predicted molar refractivity (Wildman–Crippen MR) is 88.8 cm³/mol. The molecule has 0 aromatic heterocycles. The third-order valence-electron chi connectivity index (χ3n) is 2.62. The zero-order chi connectivity index (χ0) is 14.9. The number of hydrogen-bond donors (Lipinski definition) is 1. The predicted octanol–water partition coefficient (Wildman–Crippen LogP) is 4.97. The molecule has 0 fully saturated rings. The summed E-state index contributed by atoms with van der Waals surface area (Å²) in [6.45, 7) is 1.85. The van der Waals surface area contributed by atoms with Crippen LogP contribution in [0.4, 0.5) is 5.69 Å². The molecule has 0 aliphatic heterocycles. The van der Waals surface area contributed by atoms with Gasteiger partial charge in [0.2, 0.25) is 0 Å². The Labute approximate surface area is 139 Å². The smallest absolute Gasteiger partial charge is 0.263 e. The van der Waals surface area contributed by atoms with Gasteiger partial charge >= 0.3 is 0 Å². The Morgan fingerprint density at radius 1 is 1.10 bits per heavy atom. The lowest BCUT2D eigenvalue weighted by atomic mass is 10.2. The van der Waals surface area contributed by atoms with Crippen molar-refractivity contribution in [3.8, 4) is 0 Å². The molecule has 2 rings (SSSR count). The maximum atomic E-state index is 12.4. The van der Waals surface area contributed by atoms with Crippen LogP contribution < -0.4 is 4.72 Å². The van der Waals surface area contributed by atoms with Crippen molar-refractivity contribution in [2.24, 2.45) is 0 Å². The second-order valence-electron chi connectivity index (χ2n) is 4.12. The van der Waals surface area contributed by atoms with E-state index in [2.05, 4.69) is 36.6 Å². The van der Waals surface area contributed by atoms with Crippen molar-refractivity contribution in [1.29, 1.82) is 0 Å². The summed E-state index contributed by atoms with van der Waals surface area (Å²) in [7, 11) is -3.68. The van der Waals surface area contributed by atoms with Gasteiger partial charge < -0.3 is 0 Å². The van der Waals surface area contributed by atoms with Crippen molar-refractivity contribution in [3.63, 3.8) is 0 Å². The van der Waals surface area contributed by atoms with Crippen molar-refractivity contribution in [3.05, 3.63) is 55.9 Å². The van der Waals surface area contributed by atoms with E-state index in [1.54, 1.807) is 30.3 Å². The van der Waals surface area contributed by atoms with Gasteiger partial charge in [-0.2, -0.15) is 0 Å². The molecule has 0 saturated carbocycles. The van der Waals surface area contributed by atoms with Gasteiger partial charge in [-0.1, -0.05) is 23.7 Å². The van der Waals surface area contributed by atoms with Gasteiger partial charge in [-0.05, 0) is 68.6 Å². The third-order valence-corrected chi connectivity index (χ3v) is 6.06. The van der Waals surface area contributed by atoms with Gasteiger partial charge in [0, 0.05) is 14.0 Å². The zero-order valence-corrected chi connectivity index (χ0v) is 15.1. The molecule has 2 aromatic carbocycles. The molecule has 0 bridgehead atoms. The molecule has 3 nitrogen and oxygen atoms in total. The maximum absolute atomic E-state index is 12.4. The lowest BCUT2D eigenvalue weighted by molar-refractivity contribution is 0.600. The first-order valence-electron chi connectivity index (χ1n) is 5.54. The number of benzene rings is 2. The number of nitrogens with one attached hydrogen (secondary N) is 1.